The van der Waals surface area contributed by atoms with Gasteiger partial charge >= 0.3 is 0 Å². The maximum atomic E-state index is 10.0. The van der Waals surface area contributed by atoms with Crippen LogP contribution >= 0.6 is 0 Å². The standard InChI is InChI=1S/C16H27NO3/c1-11-6-7-13(18)15(19)12(11)10-14(16(2,3)4)20-9-5-8-17/h6-7,14,18-19H,5,8-10,17H2,1-4H3. The van der Waals surface area contributed by atoms with Crippen LogP contribution in [-0.4, -0.2) is 29.5 Å². The largest absolute Gasteiger partial charge is 0.504 e. The Morgan fingerprint density at radius 1 is 1.25 bits per heavy atom. The summed E-state index contributed by atoms with van der Waals surface area (Å²) in [4.78, 5) is 0. The van der Waals surface area contributed by atoms with Crippen molar-refractivity contribution in [1.29, 1.82) is 0 Å². The molecule has 0 saturated heterocycles. The van der Waals surface area contributed by atoms with Gasteiger partial charge in [-0.3, -0.25) is 0 Å². The first kappa shape index (κ1) is 16.8. The molecule has 0 spiro atoms. The smallest absolute Gasteiger partial charge is 0.161 e. The molecule has 0 aliphatic carbocycles. The quantitative estimate of drug-likeness (QED) is 0.553. The van der Waals surface area contributed by atoms with Gasteiger partial charge < -0.3 is 20.7 Å². The van der Waals surface area contributed by atoms with Crippen LogP contribution in [0.2, 0.25) is 0 Å². The van der Waals surface area contributed by atoms with E-state index < -0.39 is 0 Å². The number of hydrogen-bond donors (Lipinski definition) is 3. The first-order chi connectivity index (χ1) is 9.27. The van der Waals surface area contributed by atoms with Crippen LogP contribution in [0.4, 0.5) is 0 Å². The monoisotopic (exact) mass is 281 g/mol. The lowest BCUT2D eigenvalue weighted by atomic mass is 9.84. The molecular formula is C16H27NO3. The van der Waals surface area contributed by atoms with E-state index in [4.69, 9.17) is 10.5 Å². The lowest BCUT2D eigenvalue weighted by molar-refractivity contribution is -0.0177. The molecule has 0 amide bonds. The molecule has 0 aliphatic rings. The SMILES string of the molecule is Cc1ccc(O)c(O)c1CC(OCCCN)C(C)(C)C. The third kappa shape index (κ3) is 4.39. The molecule has 1 atom stereocenters. The zero-order chi connectivity index (χ0) is 15.3. The fourth-order valence-electron chi connectivity index (χ4n) is 2.09. The average Bonchev–Trinajstić information content (AvgIpc) is 2.36. The molecule has 1 aromatic carbocycles. The van der Waals surface area contributed by atoms with Crippen molar-refractivity contribution in [2.45, 2.75) is 46.6 Å². The van der Waals surface area contributed by atoms with Crippen LogP contribution in [0.5, 0.6) is 11.5 Å². The van der Waals surface area contributed by atoms with Crippen LogP contribution in [0.25, 0.3) is 0 Å². The summed E-state index contributed by atoms with van der Waals surface area (Å²) < 4.78 is 5.93. The second-order valence-electron chi connectivity index (χ2n) is 6.30. The Kier molecular flexibility index (Phi) is 5.84. The van der Waals surface area contributed by atoms with Crippen molar-refractivity contribution in [3.05, 3.63) is 23.3 Å². The van der Waals surface area contributed by atoms with Crippen molar-refractivity contribution in [1.82, 2.24) is 0 Å². The third-order valence-corrected chi connectivity index (χ3v) is 3.52. The van der Waals surface area contributed by atoms with Gasteiger partial charge in [0, 0.05) is 18.6 Å². The van der Waals surface area contributed by atoms with E-state index in [9.17, 15) is 10.2 Å². The maximum absolute atomic E-state index is 10.0. The van der Waals surface area contributed by atoms with E-state index >= 15 is 0 Å². The number of ether oxygens (including phenoxy) is 1. The number of nitrogens with two attached hydrogens (primary N) is 1. The molecule has 0 radical (unpaired) electrons. The summed E-state index contributed by atoms with van der Waals surface area (Å²) in [6.45, 7) is 9.46. The van der Waals surface area contributed by atoms with Crippen LogP contribution < -0.4 is 5.73 Å². The highest BCUT2D eigenvalue weighted by Crippen LogP contribution is 2.35. The Morgan fingerprint density at radius 2 is 1.90 bits per heavy atom. The fraction of sp³-hybridized carbons (Fsp3) is 0.625. The number of phenolic OH excluding ortho intramolecular Hbond substituents is 2. The highest BCUT2D eigenvalue weighted by molar-refractivity contribution is 5.48. The van der Waals surface area contributed by atoms with E-state index in [-0.39, 0.29) is 23.0 Å². The van der Waals surface area contributed by atoms with Gasteiger partial charge in [-0.1, -0.05) is 26.8 Å². The summed E-state index contributed by atoms with van der Waals surface area (Å²) in [5.74, 6) is -0.123. The summed E-state index contributed by atoms with van der Waals surface area (Å²) in [6.07, 6.45) is 1.35. The van der Waals surface area contributed by atoms with E-state index in [2.05, 4.69) is 20.8 Å². The third-order valence-electron chi connectivity index (χ3n) is 3.52. The molecule has 0 fully saturated rings. The number of aryl methyl sites for hydroxylation is 1. The number of aromatic hydroxyl groups is 2. The van der Waals surface area contributed by atoms with Crippen LogP contribution in [0.1, 0.15) is 38.3 Å². The first-order valence-corrected chi connectivity index (χ1v) is 7.09. The van der Waals surface area contributed by atoms with Gasteiger partial charge in [0.25, 0.3) is 0 Å². The highest BCUT2D eigenvalue weighted by atomic mass is 16.5. The Balaban J connectivity index is 2.92. The normalized spacial score (nSPS) is 13.4. The first-order valence-electron chi connectivity index (χ1n) is 7.09. The van der Waals surface area contributed by atoms with Gasteiger partial charge in [-0.25, -0.2) is 0 Å². The van der Waals surface area contributed by atoms with Crippen LogP contribution in [0, 0.1) is 12.3 Å². The lowest BCUT2D eigenvalue weighted by Crippen LogP contribution is -2.32. The molecule has 20 heavy (non-hydrogen) atoms. The molecule has 0 heterocycles. The van der Waals surface area contributed by atoms with E-state index in [1.165, 1.54) is 6.07 Å². The van der Waals surface area contributed by atoms with Gasteiger partial charge in [0.2, 0.25) is 0 Å². The molecule has 0 bridgehead atoms. The van der Waals surface area contributed by atoms with Gasteiger partial charge in [-0.15, -0.1) is 0 Å². The molecule has 4 nitrogen and oxygen atoms in total. The minimum Gasteiger partial charge on any atom is -0.504 e. The predicted molar refractivity (Wildman–Crippen MR) is 81.1 cm³/mol. The number of phenols is 2. The zero-order valence-corrected chi connectivity index (χ0v) is 12.9. The average molecular weight is 281 g/mol. The topological polar surface area (TPSA) is 75.7 Å². The summed E-state index contributed by atoms with van der Waals surface area (Å²) in [5.41, 5.74) is 7.14. The molecule has 114 valence electrons. The maximum Gasteiger partial charge on any atom is 0.161 e. The Morgan fingerprint density at radius 3 is 2.45 bits per heavy atom. The van der Waals surface area contributed by atoms with Crippen molar-refractivity contribution in [3.63, 3.8) is 0 Å². The Hall–Kier alpha value is -1.26. The fourth-order valence-corrected chi connectivity index (χ4v) is 2.09. The van der Waals surface area contributed by atoms with E-state index in [0.29, 0.717) is 19.6 Å². The van der Waals surface area contributed by atoms with Crippen molar-refractivity contribution in [3.8, 4) is 11.5 Å². The van der Waals surface area contributed by atoms with Crippen LogP contribution in [0.15, 0.2) is 12.1 Å². The highest BCUT2D eigenvalue weighted by Gasteiger charge is 2.27. The Bertz CT molecular complexity index is 438. The molecule has 1 unspecified atom stereocenters. The molecular weight excluding hydrogens is 254 g/mol. The van der Waals surface area contributed by atoms with Crippen molar-refractivity contribution in [2.75, 3.05) is 13.2 Å². The lowest BCUT2D eigenvalue weighted by Gasteiger charge is -2.31. The number of benzene rings is 1. The zero-order valence-electron chi connectivity index (χ0n) is 12.9. The van der Waals surface area contributed by atoms with Crippen molar-refractivity contribution < 1.29 is 14.9 Å². The van der Waals surface area contributed by atoms with Crippen molar-refractivity contribution in [2.24, 2.45) is 11.1 Å². The minimum absolute atomic E-state index is 0.0401. The van der Waals surface area contributed by atoms with Crippen molar-refractivity contribution >= 4 is 0 Å². The van der Waals surface area contributed by atoms with Crippen LogP contribution in [-0.2, 0) is 11.2 Å². The summed E-state index contributed by atoms with van der Waals surface area (Å²) in [7, 11) is 0. The molecule has 0 saturated carbocycles. The second-order valence-corrected chi connectivity index (χ2v) is 6.30. The molecule has 1 aromatic rings. The van der Waals surface area contributed by atoms with Crippen LogP contribution in [0.3, 0.4) is 0 Å². The van der Waals surface area contributed by atoms with Gasteiger partial charge in [-0.2, -0.15) is 0 Å². The number of hydrogen-bond acceptors (Lipinski definition) is 4. The van der Waals surface area contributed by atoms with Gasteiger partial charge in [0.05, 0.1) is 6.10 Å². The summed E-state index contributed by atoms with van der Waals surface area (Å²) in [6, 6.07) is 3.32. The predicted octanol–water partition coefficient (Wildman–Crippen LogP) is 2.73. The minimum atomic E-state index is -0.0831. The summed E-state index contributed by atoms with van der Waals surface area (Å²) in [5, 5.41) is 19.7. The molecule has 4 heteroatoms. The molecule has 1 rings (SSSR count). The molecule has 4 N–H and O–H groups in total. The van der Waals surface area contributed by atoms with E-state index in [0.717, 1.165) is 17.5 Å². The Labute approximate surface area is 121 Å². The van der Waals surface area contributed by atoms with Gasteiger partial charge in [-0.05, 0) is 36.9 Å². The van der Waals surface area contributed by atoms with E-state index in [1.807, 2.05) is 13.0 Å². The van der Waals surface area contributed by atoms with Gasteiger partial charge in [0.15, 0.2) is 11.5 Å². The van der Waals surface area contributed by atoms with Gasteiger partial charge in [0.1, 0.15) is 0 Å². The second kappa shape index (κ2) is 6.95. The number of rotatable bonds is 6. The van der Waals surface area contributed by atoms with E-state index in [1.54, 1.807) is 0 Å². The molecule has 0 aromatic heterocycles. The summed E-state index contributed by atoms with van der Waals surface area (Å²) >= 11 is 0. The molecule has 0 aliphatic heterocycles.